The number of carbonyl (C=O) groups excluding carboxylic acids is 4. The van der Waals surface area contributed by atoms with E-state index in [9.17, 15) is 32.3 Å². The summed E-state index contributed by atoms with van der Waals surface area (Å²) in [5.74, 6) is -9.71. The fraction of sp³-hybridized carbons (Fsp3) is 0.316. The molecule has 0 saturated carbocycles. The molecule has 0 aliphatic carbocycles. The number of rotatable bonds is 20. The van der Waals surface area contributed by atoms with Crippen LogP contribution in [0.15, 0.2) is 78.9 Å². The number of hydrogen-bond acceptors (Lipinski definition) is 10. The Bertz CT molecular complexity index is 1700. The minimum Gasteiger partial charge on any atom is -0.494 e. The predicted octanol–water partition coefficient (Wildman–Crippen LogP) is 7.88. The van der Waals surface area contributed by atoms with E-state index < -0.39 is 52.8 Å². The maximum absolute atomic E-state index is 14.8. The van der Waals surface area contributed by atoms with Crippen LogP contribution in [0.5, 0.6) is 23.0 Å². The average Bonchev–Trinajstić information content (AvgIpc) is 3.11. The molecule has 3 aromatic rings. The van der Waals surface area contributed by atoms with E-state index in [0.29, 0.717) is 67.6 Å². The molecule has 0 spiro atoms. The summed E-state index contributed by atoms with van der Waals surface area (Å²) in [5.41, 5.74) is 0.523. The Morgan fingerprint density at radius 3 is 1.41 bits per heavy atom. The summed E-state index contributed by atoms with van der Waals surface area (Å²) >= 11 is 0. The lowest BCUT2D eigenvalue weighted by Crippen LogP contribution is -2.14. The zero-order valence-corrected chi connectivity index (χ0v) is 28.4. The quantitative estimate of drug-likeness (QED) is 0.0376. The van der Waals surface area contributed by atoms with Crippen LogP contribution in [0.1, 0.15) is 73.1 Å². The van der Waals surface area contributed by atoms with Gasteiger partial charge in [0, 0.05) is 17.2 Å². The molecule has 0 N–H and O–H groups in total. The van der Waals surface area contributed by atoms with Gasteiger partial charge in [-0.25, -0.2) is 23.6 Å². The highest BCUT2D eigenvalue weighted by Gasteiger charge is 2.26. The second-order valence-electron chi connectivity index (χ2n) is 11.3. The van der Waals surface area contributed by atoms with Crippen LogP contribution in [0.25, 0.3) is 0 Å². The van der Waals surface area contributed by atoms with Crippen molar-refractivity contribution >= 4 is 23.9 Å². The first-order chi connectivity index (χ1) is 24.4. The van der Waals surface area contributed by atoms with Gasteiger partial charge in [0.25, 0.3) is 0 Å². The first-order valence-electron chi connectivity index (χ1n) is 16.1. The Morgan fingerprint density at radius 1 is 0.569 bits per heavy atom. The number of halogens is 3. The summed E-state index contributed by atoms with van der Waals surface area (Å²) in [4.78, 5) is 47.8. The third kappa shape index (κ3) is 13.0. The van der Waals surface area contributed by atoms with Gasteiger partial charge in [-0.05, 0) is 101 Å². The van der Waals surface area contributed by atoms with Crippen LogP contribution < -0.4 is 18.9 Å². The van der Waals surface area contributed by atoms with Crippen LogP contribution in [0, 0.1) is 17.5 Å². The van der Waals surface area contributed by atoms with E-state index in [1.807, 2.05) is 0 Å². The largest absolute Gasteiger partial charge is 0.494 e. The topological polar surface area (TPSA) is 124 Å². The average molecular weight is 713 g/mol. The number of ether oxygens (including phenoxy) is 6. The SMILES string of the molecule is C=C(C)C(=O)OCCCCCOc1ccc(C(=O)Oc2cc(F)c(OC(=O)c3ccc(OCCCCCOC(=O)C(=C)C)cc3)c(F)c2F)cc1. The molecule has 0 heterocycles. The van der Waals surface area contributed by atoms with E-state index >= 15 is 0 Å². The molecular formula is C38H39F3O10. The van der Waals surface area contributed by atoms with E-state index in [4.69, 9.17) is 28.4 Å². The number of esters is 4. The van der Waals surface area contributed by atoms with Crippen LogP contribution in [0.2, 0.25) is 0 Å². The molecule has 0 bridgehead atoms. The molecule has 0 aromatic heterocycles. The summed E-state index contributed by atoms with van der Waals surface area (Å²) in [6, 6.07) is 11.5. The molecule has 3 rings (SSSR count). The van der Waals surface area contributed by atoms with Gasteiger partial charge in [-0.15, -0.1) is 0 Å². The molecule has 0 aliphatic rings. The van der Waals surface area contributed by atoms with Gasteiger partial charge in [0.05, 0.1) is 37.6 Å². The van der Waals surface area contributed by atoms with Crippen molar-refractivity contribution in [3.63, 3.8) is 0 Å². The molecule has 0 unspecified atom stereocenters. The zero-order valence-electron chi connectivity index (χ0n) is 28.4. The lowest BCUT2D eigenvalue weighted by atomic mass is 10.2. The normalized spacial score (nSPS) is 10.5. The third-order valence-electron chi connectivity index (χ3n) is 6.94. The minimum atomic E-state index is -1.86. The number of hydrogen-bond donors (Lipinski definition) is 0. The van der Waals surface area contributed by atoms with Gasteiger partial charge in [0.1, 0.15) is 11.5 Å². The van der Waals surface area contributed by atoms with Gasteiger partial charge in [-0.3, -0.25) is 0 Å². The predicted molar refractivity (Wildman–Crippen MR) is 179 cm³/mol. The zero-order chi connectivity index (χ0) is 37.3. The van der Waals surface area contributed by atoms with Crippen molar-refractivity contribution in [3.8, 4) is 23.0 Å². The standard InChI is InChI=1S/C38H39F3O10/c1-24(2)35(42)48-21-9-5-7-19-46-28-15-11-26(12-16-28)37(44)50-31-23-30(39)34(33(41)32(31)40)51-38(45)27-13-17-29(18-14-27)47-20-8-6-10-22-49-36(43)25(3)4/h11-18,23H,1,3,5-10,19-22H2,2,4H3. The molecule has 0 radical (unpaired) electrons. The molecule has 272 valence electrons. The highest BCUT2D eigenvalue weighted by atomic mass is 19.2. The van der Waals surface area contributed by atoms with Gasteiger partial charge in [-0.1, -0.05) is 13.2 Å². The van der Waals surface area contributed by atoms with E-state index in [1.165, 1.54) is 48.5 Å². The molecular weight excluding hydrogens is 673 g/mol. The Balaban J connectivity index is 1.45. The first kappa shape index (κ1) is 39.8. The molecule has 3 aromatic carbocycles. The number of unbranched alkanes of at least 4 members (excludes halogenated alkanes) is 4. The molecule has 0 aliphatic heterocycles. The Hall–Kier alpha value is -5.59. The molecule has 10 nitrogen and oxygen atoms in total. The van der Waals surface area contributed by atoms with Crippen LogP contribution in [-0.4, -0.2) is 50.3 Å². The van der Waals surface area contributed by atoms with E-state index in [2.05, 4.69) is 13.2 Å². The van der Waals surface area contributed by atoms with Crippen molar-refractivity contribution in [1.29, 1.82) is 0 Å². The van der Waals surface area contributed by atoms with Gasteiger partial charge in [0.15, 0.2) is 11.6 Å². The van der Waals surface area contributed by atoms with E-state index in [1.54, 1.807) is 13.8 Å². The van der Waals surface area contributed by atoms with E-state index in [0.717, 1.165) is 12.8 Å². The summed E-state index contributed by atoms with van der Waals surface area (Å²) in [7, 11) is 0. The van der Waals surface area contributed by atoms with E-state index in [-0.39, 0.29) is 24.3 Å². The smallest absolute Gasteiger partial charge is 0.343 e. The molecule has 13 heteroatoms. The van der Waals surface area contributed by atoms with Crippen molar-refractivity contribution < 1.29 is 60.8 Å². The summed E-state index contributed by atoms with van der Waals surface area (Å²) in [6.45, 7) is 11.4. The summed E-state index contributed by atoms with van der Waals surface area (Å²) in [6.07, 6.45) is 4.14. The van der Waals surface area contributed by atoms with Crippen molar-refractivity contribution in [3.05, 3.63) is 107 Å². The fourth-order valence-electron chi connectivity index (χ4n) is 4.13. The lowest BCUT2D eigenvalue weighted by molar-refractivity contribution is -0.139. The molecule has 0 atom stereocenters. The molecule has 0 fully saturated rings. The molecule has 51 heavy (non-hydrogen) atoms. The summed E-state index contributed by atoms with van der Waals surface area (Å²) in [5, 5.41) is 0. The Morgan fingerprint density at radius 2 is 0.980 bits per heavy atom. The lowest BCUT2D eigenvalue weighted by Gasteiger charge is -2.12. The van der Waals surface area contributed by atoms with Gasteiger partial charge in [-0.2, -0.15) is 8.78 Å². The van der Waals surface area contributed by atoms with Gasteiger partial charge in [0.2, 0.25) is 17.4 Å². The van der Waals surface area contributed by atoms with Gasteiger partial charge < -0.3 is 28.4 Å². The van der Waals surface area contributed by atoms with Crippen molar-refractivity contribution in [2.45, 2.75) is 52.4 Å². The molecule has 0 saturated heterocycles. The van der Waals surface area contributed by atoms with Crippen molar-refractivity contribution in [1.82, 2.24) is 0 Å². The highest BCUT2D eigenvalue weighted by molar-refractivity contribution is 5.92. The minimum absolute atomic E-state index is 0.0496. The van der Waals surface area contributed by atoms with Crippen LogP contribution >= 0.6 is 0 Å². The van der Waals surface area contributed by atoms with Crippen molar-refractivity contribution in [2.24, 2.45) is 0 Å². The summed E-state index contributed by atoms with van der Waals surface area (Å²) < 4.78 is 75.3. The third-order valence-corrected chi connectivity index (χ3v) is 6.94. The molecule has 0 amide bonds. The number of benzene rings is 3. The Kier molecular flexibility index (Phi) is 15.8. The maximum Gasteiger partial charge on any atom is 0.343 e. The van der Waals surface area contributed by atoms with Crippen LogP contribution in [0.4, 0.5) is 13.2 Å². The highest BCUT2D eigenvalue weighted by Crippen LogP contribution is 2.32. The first-order valence-corrected chi connectivity index (χ1v) is 16.1. The van der Waals surface area contributed by atoms with Crippen LogP contribution in [-0.2, 0) is 19.1 Å². The fourth-order valence-corrected chi connectivity index (χ4v) is 4.13. The second-order valence-corrected chi connectivity index (χ2v) is 11.3. The van der Waals surface area contributed by atoms with Crippen molar-refractivity contribution in [2.75, 3.05) is 26.4 Å². The maximum atomic E-state index is 14.8. The van der Waals surface area contributed by atoms with Crippen LogP contribution in [0.3, 0.4) is 0 Å². The Labute approximate surface area is 293 Å². The monoisotopic (exact) mass is 712 g/mol. The van der Waals surface area contributed by atoms with Gasteiger partial charge >= 0.3 is 23.9 Å². The number of carbonyl (C=O) groups is 4. The second kappa shape index (κ2) is 20.2.